The third-order valence-corrected chi connectivity index (χ3v) is 4.74. The van der Waals surface area contributed by atoms with Crippen LogP contribution in [0, 0.1) is 6.92 Å². The molecule has 0 saturated heterocycles. The number of aryl methyl sites for hydroxylation is 1. The van der Waals surface area contributed by atoms with E-state index in [1.165, 1.54) is 0 Å². The fourth-order valence-electron chi connectivity index (χ4n) is 3.24. The van der Waals surface area contributed by atoms with Crippen LogP contribution in [-0.4, -0.2) is 28.1 Å². The van der Waals surface area contributed by atoms with E-state index < -0.39 is 0 Å². The molecule has 0 spiro atoms. The predicted octanol–water partition coefficient (Wildman–Crippen LogP) is 4.22. The largest absolute Gasteiger partial charge is 0.343 e. The smallest absolute Gasteiger partial charge is 0.255 e. The molecule has 0 atom stereocenters. The SMILES string of the molecule is Cc1cccc(-c2nn(-c3ccccc3)cc2C(=O)NCC(=O)Nc2ccccc2)c1. The lowest BCUT2D eigenvalue weighted by atomic mass is 10.1. The maximum Gasteiger partial charge on any atom is 0.255 e. The van der Waals surface area contributed by atoms with Crippen LogP contribution in [0.3, 0.4) is 0 Å². The van der Waals surface area contributed by atoms with E-state index in [0.717, 1.165) is 16.8 Å². The molecular weight excluding hydrogens is 388 g/mol. The van der Waals surface area contributed by atoms with E-state index in [9.17, 15) is 9.59 Å². The van der Waals surface area contributed by atoms with Crippen LogP contribution < -0.4 is 10.6 Å². The fraction of sp³-hybridized carbons (Fsp3) is 0.0800. The quantitative estimate of drug-likeness (QED) is 0.500. The first-order valence-electron chi connectivity index (χ1n) is 9.95. The molecule has 0 aliphatic heterocycles. The van der Waals surface area contributed by atoms with Crippen molar-refractivity contribution in [1.82, 2.24) is 15.1 Å². The second-order valence-corrected chi connectivity index (χ2v) is 7.14. The summed E-state index contributed by atoms with van der Waals surface area (Å²) >= 11 is 0. The van der Waals surface area contributed by atoms with E-state index in [-0.39, 0.29) is 18.4 Å². The average Bonchev–Trinajstić information content (AvgIpc) is 3.24. The van der Waals surface area contributed by atoms with E-state index in [1.54, 1.807) is 23.0 Å². The van der Waals surface area contributed by atoms with Gasteiger partial charge < -0.3 is 10.6 Å². The summed E-state index contributed by atoms with van der Waals surface area (Å²) in [6.45, 7) is 1.85. The molecule has 0 aliphatic rings. The summed E-state index contributed by atoms with van der Waals surface area (Å²) in [6.07, 6.45) is 1.69. The number of anilines is 1. The van der Waals surface area contributed by atoms with Gasteiger partial charge in [0.25, 0.3) is 5.91 Å². The molecule has 0 radical (unpaired) electrons. The Labute approximate surface area is 180 Å². The van der Waals surface area contributed by atoms with Crippen molar-refractivity contribution in [2.24, 2.45) is 0 Å². The van der Waals surface area contributed by atoms with Gasteiger partial charge in [-0.2, -0.15) is 5.10 Å². The standard InChI is InChI=1S/C25H22N4O2/c1-18-9-8-10-19(15-18)24-22(17-29(28-24)21-13-6-3-7-14-21)25(31)26-16-23(30)27-20-11-4-2-5-12-20/h2-15,17H,16H2,1H3,(H,26,31)(H,27,30). The number of hydrogen-bond donors (Lipinski definition) is 2. The summed E-state index contributed by atoms with van der Waals surface area (Å²) in [5.41, 5.74) is 4.40. The van der Waals surface area contributed by atoms with Crippen molar-refractivity contribution in [2.45, 2.75) is 6.92 Å². The van der Waals surface area contributed by atoms with E-state index in [2.05, 4.69) is 15.7 Å². The number of amides is 2. The van der Waals surface area contributed by atoms with Crippen molar-refractivity contribution < 1.29 is 9.59 Å². The van der Waals surface area contributed by atoms with Gasteiger partial charge in [-0.25, -0.2) is 4.68 Å². The van der Waals surface area contributed by atoms with Crippen LogP contribution >= 0.6 is 0 Å². The van der Waals surface area contributed by atoms with Gasteiger partial charge in [-0.1, -0.05) is 60.2 Å². The molecule has 0 fully saturated rings. The monoisotopic (exact) mass is 410 g/mol. The first-order chi connectivity index (χ1) is 15.1. The van der Waals surface area contributed by atoms with Crippen LogP contribution in [0.4, 0.5) is 5.69 Å². The van der Waals surface area contributed by atoms with Crippen LogP contribution in [0.5, 0.6) is 0 Å². The number of carbonyl (C=O) groups excluding carboxylic acids is 2. The minimum Gasteiger partial charge on any atom is -0.343 e. The third-order valence-electron chi connectivity index (χ3n) is 4.74. The van der Waals surface area contributed by atoms with Gasteiger partial charge in [0.1, 0.15) is 5.69 Å². The van der Waals surface area contributed by atoms with E-state index in [1.807, 2.05) is 79.7 Å². The molecule has 3 aromatic carbocycles. The molecule has 6 heteroatoms. The molecule has 0 unspecified atom stereocenters. The van der Waals surface area contributed by atoms with Crippen molar-refractivity contribution in [3.8, 4) is 16.9 Å². The number of hydrogen-bond acceptors (Lipinski definition) is 3. The molecule has 0 saturated carbocycles. The van der Waals surface area contributed by atoms with Gasteiger partial charge in [0.15, 0.2) is 0 Å². The molecule has 0 bridgehead atoms. The summed E-state index contributed by atoms with van der Waals surface area (Å²) in [4.78, 5) is 25.2. The average molecular weight is 410 g/mol. The van der Waals surface area contributed by atoms with Crippen molar-refractivity contribution in [2.75, 3.05) is 11.9 Å². The van der Waals surface area contributed by atoms with Crippen LogP contribution in [0.25, 0.3) is 16.9 Å². The normalized spacial score (nSPS) is 10.5. The Hall–Kier alpha value is -4.19. The molecule has 6 nitrogen and oxygen atoms in total. The molecule has 4 aromatic rings. The van der Waals surface area contributed by atoms with Crippen LogP contribution in [-0.2, 0) is 4.79 Å². The Morgan fingerprint density at radius 2 is 1.61 bits per heavy atom. The molecule has 1 aromatic heterocycles. The van der Waals surface area contributed by atoms with Crippen molar-refractivity contribution in [3.05, 3.63) is 102 Å². The predicted molar refractivity (Wildman–Crippen MR) is 121 cm³/mol. The lowest BCUT2D eigenvalue weighted by Crippen LogP contribution is -2.32. The number of carbonyl (C=O) groups is 2. The Morgan fingerprint density at radius 3 is 2.32 bits per heavy atom. The van der Waals surface area contributed by atoms with Crippen molar-refractivity contribution in [1.29, 1.82) is 0 Å². The Morgan fingerprint density at radius 1 is 0.903 bits per heavy atom. The minimum absolute atomic E-state index is 0.141. The molecule has 1 heterocycles. The first kappa shape index (κ1) is 20.1. The van der Waals surface area contributed by atoms with Crippen LogP contribution in [0.2, 0.25) is 0 Å². The second kappa shape index (κ2) is 9.09. The van der Waals surface area contributed by atoms with Gasteiger partial charge in [-0.05, 0) is 37.3 Å². The molecule has 2 N–H and O–H groups in total. The number of aromatic nitrogens is 2. The summed E-state index contributed by atoms with van der Waals surface area (Å²) in [5.74, 6) is -0.658. The highest BCUT2D eigenvalue weighted by Gasteiger charge is 2.19. The van der Waals surface area contributed by atoms with E-state index in [0.29, 0.717) is 16.9 Å². The van der Waals surface area contributed by atoms with Crippen molar-refractivity contribution in [3.63, 3.8) is 0 Å². The lowest BCUT2D eigenvalue weighted by molar-refractivity contribution is -0.115. The van der Waals surface area contributed by atoms with Crippen LogP contribution in [0.1, 0.15) is 15.9 Å². The summed E-state index contributed by atoms with van der Waals surface area (Å²) in [6, 6.07) is 26.5. The summed E-state index contributed by atoms with van der Waals surface area (Å²) in [7, 11) is 0. The van der Waals surface area contributed by atoms with E-state index in [4.69, 9.17) is 0 Å². The molecule has 2 amide bonds. The first-order valence-corrected chi connectivity index (χ1v) is 9.95. The molecular formula is C25H22N4O2. The fourth-order valence-corrected chi connectivity index (χ4v) is 3.24. The highest BCUT2D eigenvalue weighted by Crippen LogP contribution is 2.24. The summed E-state index contributed by atoms with van der Waals surface area (Å²) < 4.78 is 1.68. The number of nitrogens with one attached hydrogen (secondary N) is 2. The lowest BCUT2D eigenvalue weighted by Gasteiger charge is -2.07. The van der Waals surface area contributed by atoms with Gasteiger partial charge in [0, 0.05) is 17.4 Å². The molecule has 31 heavy (non-hydrogen) atoms. The second-order valence-electron chi connectivity index (χ2n) is 7.14. The molecule has 4 rings (SSSR count). The number of para-hydroxylation sites is 2. The zero-order valence-electron chi connectivity index (χ0n) is 17.1. The summed E-state index contributed by atoms with van der Waals surface area (Å²) in [5, 5.41) is 10.1. The van der Waals surface area contributed by atoms with Crippen molar-refractivity contribution >= 4 is 17.5 Å². The zero-order valence-corrected chi connectivity index (χ0v) is 17.1. The van der Waals surface area contributed by atoms with Gasteiger partial charge in [-0.15, -0.1) is 0 Å². The highest BCUT2D eigenvalue weighted by molar-refractivity contribution is 6.02. The minimum atomic E-state index is -0.359. The molecule has 154 valence electrons. The van der Waals surface area contributed by atoms with Gasteiger partial charge in [-0.3, -0.25) is 9.59 Å². The Balaban J connectivity index is 1.57. The topological polar surface area (TPSA) is 76.0 Å². The number of benzene rings is 3. The number of rotatable bonds is 6. The van der Waals surface area contributed by atoms with Gasteiger partial charge in [0.2, 0.25) is 5.91 Å². The molecule has 0 aliphatic carbocycles. The highest BCUT2D eigenvalue weighted by atomic mass is 16.2. The maximum absolute atomic E-state index is 13.0. The Kier molecular flexibility index (Phi) is 5.89. The Bertz CT molecular complexity index is 1200. The van der Waals surface area contributed by atoms with Gasteiger partial charge >= 0.3 is 0 Å². The van der Waals surface area contributed by atoms with Gasteiger partial charge in [0.05, 0.1) is 17.8 Å². The maximum atomic E-state index is 13.0. The van der Waals surface area contributed by atoms with Crippen LogP contribution in [0.15, 0.2) is 91.1 Å². The number of nitrogens with zero attached hydrogens (tertiary/aromatic N) is 2. The zero-order chi connectivity index (χ0) is 21.6. The third kappa shape index (κ3) is 4.87. The van der Waals surface area contributed by atoms with E-state index >= 15 is 0 Å².